The van der Waals surface area contributed by atoms with Crippen molar-refractivity contribution in [1.82, 2.24) is 9.97 Å². The van der Waals surface area contributed by atoms with Crippen LogP contribution in [0.1, 0.15) is 17.3 Å². The van der Waals surface area contributed by atoms with E-state index in [0.717, 1.165) is 0 Å². The van der Waals surface area contributed by atoms with Gasteiger partial charge in [0.2, 0.25) is 5.95 Å². The zero-order valence-electron chi connectivity index (χ0n) is 17.9. The van der Waals surface area contributed by atoms with Crippen molar-refractivity contribution in [3.63, 3.8) is 0 Å². The summed E-state index contributed by atoms with van der Waals surface area (Å²) in [6, 6.07) is 10.9. The van der Waals surface area contributed by atoms with Crippen LogP contribution >= 0.6 is 0 Å². The van der Waals surface area contributed by atoms with Gasteiger partial charge in [-0.25, -0.2) is 9.78 Å². The van der Waals surface area contributed by atoms with Crippen LogP contribution in [0.3, 0.4) is 0 Å². The van der Waals surface area contributed by atoms with Crippen LogP contribution in [0.4, 0.5) is 23.1 Å². The molecule has 10 nitrogen and oxygen atoms in total. The second-order valence-electron chi connectivity index (χ2n) is 7.14. The SMILES string of the molecule is CCOC(=O)c1cnc(Nc2ccc3c(c2)OCCO3)nc1Nc1ccc2c(c1)OCCO2. The number of anilines is 4. The number of nitrogens with zero attached hydrogens (tertiary/aromatic N) is 2. The van der Waals surface area contributed by atoms with E-state index in [9.17, 15) is 4.79 Å². The third-order valence-electron chi connectivity index (χ3n) is 4.89. The molecule has 0 bridgehead atoms. The van der Waals surface area contributed by atoms with Gasteiger partial charge in [-0.15, -0.1) is 0 Å². The predicted molar refractivity (Wildman–Crippen MR) is 119 cm³/mol. The van der Waals surface area contributed by atoms with Crippen molar-refractivity contribution < 1.29 is 28.5 Å². The van der Waals surface area contributed by atoms with Crippen LogP contribution in [-0.4, -0.2) is 49.0 Å². The van der Waals surface area contributed by atoms with Gasteiger partial charge < -0.3 is 34.3 Å². The molecule has 0 aliphatic carbocycles. The maximum Gasteiger partial charge on any atom is 0.343 e. The van der Waals surface area contributed by atoms with Gasteiger partial charge in [-0.2, -0.15) is 4.98 Å². The number of carbonyl (C=O) groups is 1. The lowest BCUT2D eigenvalue weighted by Gasteiger charge is -2.20. The first-order valence-electron chi connectivity index (χ1n) is 10.6. The summed E-state index contributed by atoms with van der Waals surface area (Å²) in [5, 5.41) is 6.30. The molecule has 5 rings (SSSR count). The minimum Gasteiger partial charge on any atom is -0.486 e. The molecule has 0 radical (unpaired) electrons. The molecule has 0 amide bonds. The van der Waals surface area contributed by atoms with Crippen molar-refractivity contribution >= 4 is 29.1 Å². The quantitative estimate of drug-likeness (QED) is 0.539. The van der Waals surface area contributed by atoms with Crippen molar-refractivity contribution in [3.8, 4) is 23.0 Å². The first-order valence-corrected chi connectivity index (χ1v) is 10.6. The lowest BCUT2D eigenvalue weighted by molar-refractivity contribution is 0.0526. The Hall–Kier alpha value is -4.21. The summed E-state index contributed by atoms with van der Waals surface area (Å²) < 4.78 is 27.6. The molecule has 0 saturated carbocycles. The number of hydrogen-bond donors (Lipinski definition) is 2. The lowest BCUT2D eigenvalue weighted by atomic mass is 10.2. The minimum atomic E-state index is -0.525. The van der Waals surface area contributed by atoms with Crippen molar-refractivity contribution in [2.45, 2.75) is 6.92 Å². The van der Waals surface area contributed by atoms with Crippen LogP contribution in [0.2, 0.25) is 0 Å². The molecule has 3 aromatic rings. The average Bonchev–Trinajstić information content (AvgIpc) is 2.84. The molecular formula is C23H22N4O6. The minimum absolute atomic E-state index is 0.208. The highest BCUT2D eigenvalue weighted by atomic mass is 16.6. The summed E-state index contributed by atoms with van der Waals surface area (Å²) in [6.07, 6.45) is 1.42. The fourth-order valence-electron chi connectivity index (χ4n) is 3.40. The first-order chi connectivity index (χ1) is 16.2. The monoisotopic (exact) mass is 450 g/mol. The molecule has 0 fully saturated rings. The molecule has 33 heavy (non-hydrogen) atoms. The zero-order chi connectivity index (χ0) is 22.6. The van der Waals surface area contributed by atoms with Crippen LogP contribution in [0.25, 0.3) is 0 Å². The second kappa shape index (κ2) is 9.11. The summed E-state index contributed by atoms with van der Waals surface area (Å²) in [7, 11) is 0. The Bertz CT molecular complexity index is 1190. The van der Waals surface area contributed by atoms with Crippen molar-refractivity contribution in [2.75, 3.05) is 43.7 Å². The van der Waals surface area contributed by atoms with E-state index < -0.39 is 5.97 Å². The highest BCUT2D eigenvalue weighted by Gasteiger charge is 2.19. The number of ether oxygens (including phenoxy) is 5. The van der Waals surface area contributed by atoms with Gasteiger partial charge in [0.1, 0.15) is 32.0 Å². The van der Waals surface area contributed by atoms with Crippen molar-refractivity contribution in [2.24, 2.45) is 0 Å². The van der Waals surface area contributed by atoms with Gasteiger partial charge in [0.15, 0.2) is 28.8 Å². The van der Waals surface area contributed by atoms with Crippen molar-refractivity contribution in [3.05, 3.63) is 48.2 Å². The Labute approximate surface area is 189 Å². The van der Waals surface area contributed by atoms with Crippen LogP contribution in [0, 0.1) is 0 Å². The van der Waals surface area contributed by atoms with E-state index in [-0.39, 0.29) is 12.2 Å². The van der Waals surface area contributed by atoms with E-state index in [1.54, 1.807) is 19.1 Å². The maximum atomic E-state index is 12.5. The maximum absolute atomic E-state index is 12.5. The molecule has 2 aliphatic rings. The third-order valence-corrected chi connectivity index (χ3v) is 4.89. The zero-order valence-corrected chi connectivity index (χ0v) is 17.9. The van der Waals surface area contributed by atoms with Crippen LogP contribution in [0.5, 0.6) is 23.0 Å². The van der Waals surface area contributed by atoms with Gasteiger partial charge in [-0.1, -0.05) is 0 Å². The summed E-state index contributed by atoms with van der Waals surface area (Å²) in [5.41, 5.74) is 1.60. The van der Waals surface area contributed by atoms with E-state index in [4.69, 9.17) is 23.7 Å². The molecule has 170 valence electrons. The van der Waals surface area contributed by atoms with E-state index in [1.165, 1.54) is 6.20 Å². The summed E-state index contributed by atoms with van der Waals surface area (Å²) in [5.74, 6) is 2.67. The highest BCUT2D eigenvalue weighted by Crippen LogP contribution is 2.35. The normalized spacial score (nSPS) is 13.7. The molecule has 0 unspecified atom stereocenters. The smallest absolute Gasteiger partial charge is 0.343 e. The van der Waals surface area contributed by atoms with Crippen LogP contribution < -0.4 is 29.6 Å². The van der Waals surface area contributed by atoms with Gasteiger partial charge in [-0.05, 0) is 31.2 Å². The topological polar surface area (TPSA) is 113 Å². The van der Waals surface area contributed by atoms with Crippen molar-refractivity contribution in [1.29, 1.82) is 0 Å². The summed E-state index contributed by atoms with van der Waals surface area (Å²) in [6.45, 7) is 3.97. The van der Waals surface area contributed by atoms with E-state index in [0.29, 0.717) is 72.6 Å². The lowest BCUT2D eigenvalue weighted by Crippen LogP contribution is -2.16. The molecule has 10 heteroatoms. The van der Waals surface area contributed by atoms with E-state index in [2.05, 4.69) is 20.6 Å². The number of aromatic nitrogens is 2. The van der Waals surface area contributed by atoms with E-state index >= 15 is 0 Å². The molecule has 0 saturated heterocycles. The average molecular weight is 450 g/mol. The first kappa shape index (κ1) is 20.7. The van der Waals surface area contributed by atoms with Crippen LogP contribution in [0.15, 0.2) is 42.6 Å². The summed E-state index contributed by atoms with van der Waals surface area (Å²) in [4.78, 5) is 21.3. The molecule has 2 aliphatic heterocycles. The van der Waals surface area contributed by atoms with E-state index in [1.807, 2.05) is 24.3 Å². The van der Waals surface area contributed by atoms with Gasteiger partial charge in [-0.3, -0.25) is 0 Å². The second-order valence-corrected chi connectivity index (χ2v) is 7.14. The molecule has 2 aromatic carbocycles. The number of fused-ring (bicyclic) bond motifs is 2. The summed E-state index contributed by atoms with van der Waals surface area (Å²) >= 11 is 0. The molecule has 2 N–H and O–H groups in total. The number of benzene rings is 2. The molecule has 3 heterocycles. The standard InChI is InChI=1S/C23H22N4O6/c1-2-29-22(28)16-13-24-23(26-15-4-6-18-20(12-15)33-10-8-31-18)27-21(16)25-14-3-5-17-19(11-14)32-9-7-30-17/h3-6,11-13H,2,7-10H2,1H3,(H2,24,25,26,27). The third kappa shape index (κ3) is 4.54. The molecule has 0 spiro atoms. The Balaban J connectivity index is 1.43. The molecule has 0 atom stereocenters. The van der Waals surface area contributed by atoms with Gasteiger partial charge in [0.25, 0.3) is 0 Å². The van der Waals surface area contributed by atoms with Gasteiger partial charge in [0.05, 0.1) is 6.61 Å². The Kier molecular flexibility index (Phi) is 5.71. The Morgan fingerprint density at radius 2 is 1.45 bits per heavy atom. The van der Waals surface area contributed by atoms with Crippen LogP contribution in [-0.2, 0) is 4.74 Å². The van der Waals surface area contributed by atoms with Gasteiger partial charge >= 0.3 is 5.97 Å². The fourth-order valence-corrected chi connectivity index (χ4v) is 3.40. The molecule has 1 aromatic heterocycles. The predicted octanol–water partition coefficient (Wildman–Crippen LogP) is 3.68. The largest absolute Gasteiger partial charge is 0.486 e. The Morgan fingerprint density at radius 3 is 2.06 bits per heavy atom. The fraction of sp³-hybridized carbons (Fsp3) is 0.261. The Morgan fingerprint density at radius 1 is 0.879 bits per heavy atom. The highest BCUT2D eigenvalue weighted by molar-refractivity contribution is 5.95. The number of nitrogens with one attached hydrogen (secondary N) is 2. The number of hydrogen-bond acceptors (Lipinski definition) is 10. The number of esters is 1. The van der Waals surface area contributed by atoms with Gasteiger partial charge in [0, 0.05) is 29.7 Å². The number of rotatable bonds is 6. The molecular weight excluding hydrogens is 428 g/mol. The number of carbonyl (C=O) groups excluding carboxylic acids is 1.